The van der Waals surface area contributed by atoms with Crippen molar-refractivity contribution in [2.45, 2.75) is 52.1 Å². The van der Waals surface area contributed by atoms with Crippen LogP contribution in [0, 0.1) is 5.92 Å². The van der Waals surface area contributed by atoms with Crippen LogP contribution in [0.25, 0.3) is 0 Å². The molecule has 1 heterocycles. The second-order valence-corrected chi connectivity index (χ2v) is 6.42. The first-order valence-corrected chi connectivity index (χ1v) is 7.74. The Bertz CT molecular complexity index is 594. The van der Waals surface area contributed by atoms with Crippen molar-refractivity contribution in [1.82, 2.24) is 5.32 Å². The third kappa shape index (κ3) is 2.33. The average Bonchev–Trinajstić information content (AvgIpc) is 2.90. The van der Waals surface area contributed by atoms with Gasteiger partial charge in [-0.2, -0.15) is 0 Å². The number of nitrogens with one attached hydrogen (secondary N) is 1. The number of hydrogen-bond acceptors (Lipinski definition) is 2. The predicted molar refractivity (Wildman–Crippen MR) is 82.2 cm³/mol. The summed E-state index contributed by atoms with van der Waals surface area (Å²) in [6.45, 7) is 5.70. The highest BCUT2D eigenvalue weighted by molar-refractivity contribution is 6.08. The van der Waals surface area contributed by atoms with E-state index in [0.717, 1.165) is 18.5 Å². The van der Waals surface area contributed by atoms with Crippen molar-refractivity contribution < 1.29 is 9.59 Å². The van der Waals surface area contributed by atoms with Gasteiger partial charge in [0.25, 0.3) is 5.91 Å². The lowest BCUT2D eigenvalue weighted by Gasteiger charge is -2.39. The summed E-state index contributed by atoms with van der Waals surface area (Å²) < 4.78 is 0. The van der Waals surface area contributed by atoms with E-state index in [0.29, 0.717) is 0 Å². The molecule has 112 valence electrons. The van der Waals surface area contributed by atoms with E-state index < -0.39 is 12.1 Å². The Kier molecular flexibility index (Phi) is 3.47. The molecule has 4 nitrogen and oxygen atoms in total. The van der Waals surface area contributed by atoms with E-state index in [4.69, 9.17) is 0 Å². The molecule has 21 heavy (non-hydrogen) atoms. The van der Waals surface area contributed by atoms with E-state index in [1.165, 1.54) is 17.5 Å². The highest BCUT2D eigenvalue weighted by atomic mass is 16.2. The highest BCUT2D eigenvalue weighted by Crippen LogP contribution is 2.29. The van der Waals surface area contributed by atoms with Crippen molar-refractivity contribution in [3.8, 4) is 0 Å². The molecule has 0 spiro atoms. The van der Waals surface area contributed by atoms with Crippen molar-refractivity contribution in [2.75, 3.05) is 4.90 Å². The molecule has 1 saturated heterocycles. The topological polar surface area (TPSA) is 49.4 Å². The zero-order valence-corrected chi connectivity index (χ0v) is 12.8. The minimum atomic E-state index is -0.452. The summed E-state index contributed by atoms with van der Waals surface area (Å²) in [5.41, 5.74) is 3.55. The van der Waals surface area contributed by atoms with Crippen LogP contribution in [-0.4, -0.2) is 23.9 Å². The van der Waals surface area contributed by atoms with E-state index in [1.54, 1.807) is 11.8 Å². The normalized spacial score (nSPS) is 25.2. The molecular formula is C17H22N2O2. The Morgan fingerprint density at radius 2 is 1.90 bits per heavy atom. The maximum absolute atomic E-state index is 12.7. The summed E-state index contributed by atoms with van der Waals surface area (Å²) in [6.07, 6.45) is 3.37. The molecule has 1 aromatic rings. The van der Waals surface area contributed by atoms with Gasteiger partial charge in [0.1, 0.15) is 12.1 Å². The lowest BCUT2D eigenvalue weighted by Crippen LogP contribution is -2.64. The van der Waals surface area contributed by atoms with Gasteiger partial charge < -0.3 is 5.32 Å². The molecule has 1 fully saturated rings. The summed E-state index contributed by atoms with van der Waals surface area (Å²) in [6, 6.07) is 5.30. The second-order valence-electron chi connectivity index (χ2n) is 6.42. The minimum absolute atomic E-state index is 0.00459. The third-order valence-corrected chi connectivity index (χ3v) is 4.59. The Morgan fingerprint density at radius 1 is 1.19 bits per heavy atom. The van der Waals surface area contributed by atoms with Gasteiger partial charge in [0.15, 0.2) is 0 Å². The molecule has 0 bridgehead atoms. The van der Waals surface area contributed by atoms with Crippen LogP contribution in [0.5, 0.6) is 0 Å². The molecule has 2 atom stereocenters. The van der Waals surface area contributed by atoms with Gasteiger partial charge in [-0.15, -0.1) is 0 Å². The fraction of sp³-hybridized carbons (Fsp3) is 0.529. The molecule has 2 unspecified atom stereocenters. The quantitative estimate of drug-likeness (QED) is 0.904. The van der Waals surface area contributed by atoms with Gasteiger partial charge in [-0.05, 0) is 55.4 Å². The molecule has 3 rings (SSSR count). The van der Waals surface area contributed by atoms with Crippen LogP contribution in [0.2, 0.25) is 0 Å². The molecule has 1 aliphatic carbocycles. The zero-order valence-electron chi connectivity index (χ0n) is 12.8. The monoisotopic (exact) mass is 286 g/mol. The van der Waals surface area contributed by atoms with Crippen molar-refractivity contribution in [1.29, 1.82) is 0 Å². The van der Waals surface area contributed by atoms with Gasteiger partial charge in [-0.25, -0.2) is 0 Å². The number of rotatable bonds is 2. The van der Waals surface area contributed by atoms with Crippen molar-refractivity contribution in [3.05, 3.63) is 29.3 Å². The number of fused-ring (bicyclic) bond motifs is 1. The van der Waals surface area contributed by atoms with Gasteiger partial charge >= 0.3 is 0 Å². The number of carbonyl (C=O) groups excluding carboxylic acids is 2. The first-order valence-electron chi connectivity index (χ1n) is 7.74. The van der Waals surface area contributed by atoms with Crippen molar-refractivity contribution >= 4 is 17.5 Å². The van der Waals surface area contributed by atoms with Crippen LogP contribution >= 0.6 is 0 Å². The van der Waals surface area contributed by atoms with E-state index in [9.17, 15) is 9.59 Å². The number of piperazine rings is 1. The summed E-state index contributed by atoms with van der Waals surface area (Å²) in [4.78, 5) is 26.6. The number of amides is 2. The average molecular weight is 286 g/mol. The smallest absolute Gasteiger partial charge is 0.250 e. The van der Waals surface area contributed by atoms with Crippen LogP contribution in [0.15, 0.2) is 18.2 Å². The van der Waals surface area contributed by atoms with E-state index in [-0.39, 0.29) is 17.7 Å². The fourth-order valence-corrected chi connectivity index (χ4v) is 3.30. The summed E-state index contributed by atoms with van der Waals surface area (Å²) >= 11 is 0. The lowest BCUT2D eigenvalue weighted by molar-refractivity contribution is -0.134. The number of nitrogens with zero attached hydrogens (tertiary/aromatic N) is 1. The van der Waals surface area contributed by atoms with Gasteiger partial charge in [0, 0.05) is 5.69 Å². The van der Waals surface area contributed by atoms with Crippen LogP contribution in [0.1, 0.15) is 38.3 Å². The Morgan fingerprint density at radius 3 is 2.62 bits per heavy atom. The van der Waals surface area contributed by atoms with Crippen molar-refractivity contribution in [2.24, 2.45) is 5.92 Å². The molecule has 2 aliphatic rings. The maximum Gasteiger partial charge on any atom is 0.250 e. The van der Waals surface area contributed by atoms with Crippen LogP contribution < -0.4 is 10.2 Å². The molecule has 0 saturated carbocycles. The SMILES string of the molecule is CC(C)C1NC(=O)C(C)N(c2ccc3c(c2)CCC3)C1=O. The Balaban J connectivity index is 1.98. The van der Waals surface area contributed by atoms with E-state index in [2.05, 4.69) is 17.4 Å². The molecule has 0 radical (unpaired) electrons. The minimum Gasteiger partial charge on any atom is -0.342 e. The first-order chi connectivity index (χ1) is 9.99. The number of carbonyl (C=O) groups is 2. The number of hydrogen-bond donors (Lipinski definition) is 1. The molecule has 4 heteroatoms. The molecule has 1 aromatic carbocycles. The highest BCUT2D eigenvalue weighted by Gasteiger charge is 2.40. The van der Waals surface area contributed by atoms with Crippen molar-refractivity contribution in [3.63, 3.8) is 0 Å². The Labute approximate surface area is 125 Å². The van der Waals surface area contributed by atoms with Crippen LogP contribution in [-0.2, 0) is 22.4 Å². The van der Waals surface area contributed by atoms with Gasteiger partial charge in [-0.3, -0.25) is 14.5 Å². The molecule has 1 N–H and O–H groups in total. The molecule has 1 aliphatic heterocycles. The van der Waals surface area contributed by atoms with Crippen LogP contribution in [0.3, 0.4) is 0 Å². The fourth-order valence-electron chi connectivity index (χ4n) is 3.30. The first kappa shape index (κ1) is 14.1. The van der Waals surface area contributed by atoms with Gasteiger partial charge in [0.05, 0.1) is 0 Å². The summed E-state index contributed by atoms with van der Waals surface area (Å²) in [5.74, 6) is 0.00900. The van der Waals surface area contributed by atoms with Gasteiger partial charge in [0.2, 0.25) is 5.91 Å². The predicted octanol–water partition coefficient (Wildman–Crippen LogP) is 2.05. The number of benzene rings is 1. The molecular weight excluding hydrogens is 264 g/mol. The standard InChI is InChI=1S/C17H22N2O2/c1-10(2)15-17(21)19(11(3)16(20)18-15)14-8-7-12-5-4-6-13(12)9-14/h7-11,15H,4-6H2,1-3H3,(H,18,20). The Hall–Kier alpha value is -1.84. The lowest BCUT2D eigenvalue weighted by atomic mass is 9.97. The number of aryl methyl sites for hydroxylation is 2. The largest absolute Gasteiger partial charge is 0.342 e. The second kappa shape index (κ2) is 5.17. The molecule has 2 amide bonds. The third-order valence-electron chi connectivity index (χ3n) is 4.59. The van der Waals surface area contributed by atoms with Crippen LogP contribution in [0.4, 0.5) is 5.69 Å². The van der Waals surface area contributed by atoms with E-state index >= 15 is 0 Å². The maximum atomic E-state index is 12.7. The number of anilines is 1. The summed E-state index contributed by atoms with van der Waals surface area (Å²) in [5, 5.41) is 2.84. The molecule has 0 aromatic heterocycles. The summed E-state index contributed by atoms with van der Waals surface area (Å²) in [7, 11) is 0. The zero-order chi connectivity index (χ0) is 15.1. The van der Waals surface area contributed by atoms with Gasteiger partial charge in [-0.1, -0.05) is 19.9 Å². The van der Waals surface area contributed by atoms with E-state index in [1.807, 2.05) is 19.9 Å².